The maximum absolute atomic E-state index is 12.6. The molecule has 3 rings (SSSR count). The third-order valence-electron chi connectivity index (χ3n) is 3.98. The van der Waals surface area contributed by atoms with Crippen molar-refractivity contribution in [3.05, 3.63) is 34.0 Å². The molecule has 0 aromatic carbocycles. The van der Waals surface area contributed by atoms with Crippen LogP contribution in [0.2, 0.25) is 0 Å². The molecule has 0 atom stereocenters. The number of halogens is 3. The standard InChI is InChI=1S/C17H19F3N6O2/c1-4-28-14-12(11-7-9(2)22-10(3)8-11)13-24-25(6-5-17(18,19)20)16(27)26(13)15(21)23-14/h7-8H,4-6H2,1-3H3,(H2,21,23). The van der Waals surface area contributed by atoms with Gasteiger partial charge in [0.1, 0.15) is 0 Å². The summed E-state index contributed by atoms with van der Waals surface area (Å²) in [6, 6.07) is 3.50. The van der Waals surface area contributed by atoms with E-state index in [1.165, 1.54) is 0 Å². The quantitative estimate of drug-likeness (QED) is 0.711. The van der Waals surface area contributed by atoms with Gasteiger partial charge < -0.3 is 10.5 Å². The van der Waals surface area contributed by atoms with E-state index in [-0.39, 0.29) is 24.1 Å². The van der Waals surface area contributed by atoms with Crippen LogP contribution in [0, 0.1) is 13.8 Å². The molecule has 3 aromatic heterocycles. The lowest BCUT2D eigenvalue weighted by Crippen LogP contribution is -2.25. The Morgan fingerprint density at radius 1 is 1.18 bits per heavy atom. The Labute approximate surface area is 157 Å². The first-order chi connectivity index (χ1) is 13.1. The third kappa shape index (κ3) is 3.78. The number of ether oxygens (including phenoxy) is 1. The van der Waals surface area contributed by atoms with Crippen LogP contribution in [0.15, 0.2) is 16.9 Å². The fourth-order valence-corrected chi connectivity index (χ4v) is 2.93. The molecular weight excluding hydrogens is 377 g/mol. The highest BCUT2D eigenvalue weighted by atomic mass is 19.4. The van der Waals surface area contributed by atoms with Gasteiger partial charge in [0.15, 0.2) is 5.65 Å². The summed E-state index contributed by atoms with van der Waals surface area (Å²) >= 11 is 0. The van der Waals surface area contributed by atoms with Crippen molar-refractivity contribution in [1.29, 1.82) is 0 Å². The van der Waals surface area contributed by atoms with Crippen molar-refractivity contribution in [2.24, 2.45) is 0 Å². The highest BCUT2D eigenvalue weighted by Crippen LogP contribution is 2.33. The van der Waals surface area contributed by atoms with E-state index in [0.29, 0.717) is 22.5 Å². The molecule has 0 fully saturated rings. The molecule has 28 heavy (non-hydrogen) atoms. The second kappa shape index (κ2) is 7.13. The van der Waals surface area contributed by atoms with Crippen LogP contribution in [0.3, 0.4) is 0 Å². The van der Waals surface area contributed by atoms with Crippen LogP contribution in [0.25, 0.3) is 16.8 Å². The minimum atomic E-state index is -4.42. The highest BCUT2D eigenvalue weighted by molar-refractivity contribution is 5.82. The predicted molar refractivity (Wildman–Crippen MR) is 96.2 cm³/mol. The van der Waals surface area contributed by atoms with E-state index in [1.54, 1.807) is 32.9 Å². The Morgan fingerprint density at radius 3 is 2.39 bits per heavy atom. The number of alkyl halides is 3. The van der Waals surface area contributed by atoms with Crippen molar-refractivity contribution >= 4 is 11.6 Å². The second-order valence-electron chi connectivity index (χ2n) is 6.25. The molecule has 3 aromatic rings. The molecule has 8 nitrogen and oxygen atoms in total. The number of rotatable bonds is 5. The lowest BCUT2D eigenvalue weighted by molar-refractivity contribution is -0.137. The molecule has 0 aliphatic rings. The summed E-state index contributed by atoms with van der Waals surface area (Å²) in [5.74, 6) is -0.0709. The summed E-state index contributed by atoms with van der Waals surface area (Å²) in [7, 11) is 0. The van der Waals surface area contributed by atoms with Crippen LogP contribution in [0.1, 0.15) is 24.7 Å². The van der Waals surface area contributed by atoms with Crippen LogP contribution in [-0.4, -0.2) is 36.9 Å². The number of aromatic nitrogens is 5. The van der Waals surface area contributed by atoms with E-state index < -0.39 is 24.8 Å². The van der Waals surface area contributed by atoms with Gasteiger partial charge in [0.2, 0.25) is 11.8 Å². The van der Waals surface area contributed by atoms with E-state index in [4.69, 9.17) is 10.5 Å². The zero-order valence-electron chi connectivity index (χ0n) is 15.5. The molecule has 11 heteroatoms. The Hall–Kier alpha value is -3.11. The smallest absolute Gasteiger partial charge is 0.390 e. The molecule has 0 aliphatic carbocycles. The van der Waals surface area contributed by atoms with Crippen LogP contribution >= 0.6 is 0 Å². The predicted octanol–water partition coefficient (Wildman–Crippen LogP) is 2.50. The largest absolute Gasteiger partial charge is 0.477 e. The number of hydrogen-bond acceptors (Lipinski definition) is 6. The van der Waals surface area contributed by atoms with Crippen LogP contribution < -0.4 is 16.2 Å². The average Bonchev–Trinajstić information content (AvgIpc) is 2.89. The van der Waals surface area contributed by atoms with Crippen LogP contribution in [0.5, 0.6) is 5.88 Å². The number of aryl methyl sites for hydroxylation is 3. The minimum absolute atomic E-state index is 0.0770. The zero-order chi connectivity index (χ0) is 20.6. The third-order valence-corrected chi connectivity index (χ3v) is 3.98. The van der Waals surface area contributed by atoms with Gasteiger partial charge in [0.25, 0.3) is 0 Å². The van der Waals surface area contributed by atoms with Crippen molar-refractivity contribution in [2.75, 3.05) is 12.3 Å². The molecule has 0 aliphatic heterocycles. The normalized spacial score (nSPS) is 11.9. The van der Waals surface area contributed by atoms with Crippen molar-refractivity contribution in [1.82, 2.24) is 24.1 Å². The molecule has 0 saturated heterocycles. The Bertz CT molecular complexity index is 1070. The van der Waals surface area contributed by atoms with E-state index >= 15 is 0 Å². The topological polar surface area (TPSA) is 100 Å². The van der Waals surface area contributed by atoms with Gasteiger partial charge in [-0.2, -0.15) is 18.2 Å². The van der Waals surface area contributed by atoms with Crippen LogP contribution in [0.4, 0.5) is 19.1 Å². The molecule has 0 radical (unpaired) electrons. The number of nitrogens with zero attached hydrogens (tertiary/aromatic N) is 5. The Balaban J connectivity index is 2.29. The molecule has 0 saturated carbocycles. The fraction of sp³-hybridized carbons (Fsp3) is 0.412. The highest BCUT2D eigenvalue weighted by Gasteiger charge is 2.28. The zero-order valence-corrected chi connectivity index (χ0v) is 15.5. The number of fused-ring (bicyclic) bond motifs is 1. The molecule has 150 valence electrons. The van der Waals surface area contributed by atoms with E-state index in [9.17, 15) is 18.0 Å². The van der Waals surface area contributed by atoms with Gasteiger partial charge in [-0.1, -0.05) is 0 Å². The van der Waals surface area contributed by atoms with E-state index in [2.05, 4.69) is 15.1 Å². The van der Waals surface area contributed by atoms with Crippen molar-refractivity contribution < 1.29 is 17.9 Å². The lowest BCUT2D eigenvalue weighted by Gasteiger charge is -2.12. The summed E-state index contributed by atoms with van der Waals surface area (Å²) in [5.41, 5.74) is 7.58. The lowest BCUT2D eigenvalue weighted by atomic mass is 10.1. The summed E-state index contributed by atoms with van der Waals surface area (Å²) < 4.78 is 45.1. The first-order valence-corrected chi connectivity index (χ1v) is 8.55. The monoisotopic (exact) mass is 396 g/mol. The fourth-order valence-electron chi connectivity index (χ4n) is 2.93. The number of pyridine rings is 1. The van der Waals surface area contributed by atoms with Crippen molar-refractivity contribution in [2.45, 2.75) is 39.9 Å². The number of nitrogens with two attached hydrogens (primary N) is 1. The van der Waals surface area contributed by atoms with Gasteiger partial charge in [0, 0.05) is 11.4 Å². The van der Waals surface area contributed by atoms with Gasteiger partial charge in [-0.25, -0.2) is 13.9 Å². The van der Waals surface area contributed by atoms with Crippen LogP contribution in [-0.2, 0) is 6.54 Å². The van der Waals surface area contributed by atoms with Crippen molar-refractivity contribution in [3.8, 4) is 17.0 Å². The summed E-state index contributed by atoms with van der Waals surface area (Å²) in [5, 5.41) is 4.10. The summed E-state index contributed by atoms with van der Waals surface area (Å²) in [6.45, 7) is 5.00. The molecule has 0 spiro atoms. The Morgan fingerprint density at radius 2 is 1.82 bits per heavy atom. The first-order valence-electron chi connectivity index (χ1n) is 8.55. The van der Waals surface area contributed by atoms with Gasteiger partial charge in [-0.05, 0) is 38.5 Å². The summed E-state index contributed by atoms with van der Waals surface area (Å²) in [4.78, 5) is 21.0. The van der Waals surface area contributed by atoms with Gasteiger partial charge >= 0.3 is 11.9 Å². The van der Waals surface area contributed by atoms with Gasteiger partial charge in [0.05, 0.1) is 25.1 Å². The van der Waals surface area contributed by atoms with E-state index in [1.807, 2.05) is 0 Å². The van der Waals surface area contributed by atoms with E-state index in [0.717, 1.165) is 9.08 Å². The molecular formula is C17H19F3N6O2. The molecule has 0 amide bonds. The molecule has 0 unspecified atom stereocenters. The second-order valence-corrected chi connectivity index (χ2v) is 6.25. The van der Waals surface area contributed by atoms with Gasteiger partial charge in [-0.3, -0.25) is 4.98 Å². The first kappa shape index (κ1) is 19.6. The number of anilines is 1. The summed E-state index contributed by atoms with van der Waals surface area (Å²) in [6.07, 6.45) is -5.61. The number of nitrogen functional groups attached to an aromatic ring is 1. The average molecular weight is 396 g/mol. The molecule has 0 bridgehead atoms. The van der Waals surface area contributed by atoms with Gasteiger partial charge in [-0.15, -0.1) is 5.10 Å². The maximum atomic E-state index is 12.6. The number of hydrogen-bond donors (Lipinski definition) is 1. The maximum Gasteiger partial charge on any atom is 0.390 e. The minimum Gasteiger partial charge on any atom is -0.477 e. The SMILES string of the molecule is CCOc1nc(N)n2c(=O)n(CCC(F)(F)F)nc2c1-c1cc(C)nc(C)c1. The molecule has 2 N–H and O–H groups in total. The Kier molecular flexibility index (Phi) is 5.01. The molecule has 3 heterocycles. The van der Waals surface area contributed by atoms with Crippen molar-refractivity contribution in [3.63, 3.8) is 0 Å².